The Hall–Kier alpha value is -4.22. The van der Waals surface area contributed by atoms with Crippen molar-refractivity contribution in [1.82, 2.24) is 20.3 Å². The fourth-order valence-corrected chi connectivity index (χ4v) is 3.42. The quantitative estimate of drug-likeness (QED) is 0.259. The zero-order chi connectivity index (χ0) is 24.1. The van der Waals surface area contributed by atoms with Gasteiger partial charge in [0.1, 0.15) is 17.5 Å². The lowest BCUT2D eigenvalue weighted by atomic mass is 10.0. The van der Waals surface area contributed by atoms with E-state index >= 15 is 0 Å². The predicted molar refractivity (Wildman–Crippen MR) is 117 cm³/mol. The number of benzene rings is 1. The lowest BCUT2D eigenvalue weighted by Gasteiger charge is -2.15. The van der Waals surface area contributed by atoms with E-state index in [0.29, 0.717) is 24.3 Å². The molecule has 0 unspecified atom stereocenters. The summed E-state index contributed by atoms with van der Waals surface area (Å²) in [5.41, 5.74) is 14.2. The minimum Gasteiger partial charge on any atom is -0.480 e. The number of aryl methyl sites for hydroxylation is 2. The van der Waals surface area contributed by atoms with Gasteiger partial charge in [-0.25, -0.2) is 14.0 Å². The first kappa shape index (κ1) is 23.4. The van der Waals surface area contributed by atoms with Crippen LogP contribution in [0.5, 0.6) is 0 Å². The first-order chi connectivity index (χ1) is 15.7. The number of halogens is 1. The Kier molecular flexibility index (Phi) is 7.06. The standard InChI is InChI=1S/C21H23FN6O5/c22-13(19(30)31)8-14(20(32)33)26-18(29)11-6-4-10(5-7-11)2-1-3-12-9-25-17-15(12)16(23)27-21(24)28-17/h4-7,9,13-14H,1-3,8H2,(H,26,29)(H,30,31)(H,32,33)(H5,23,24,25,27,28)/t13-,14-/m0/s1. The van der Waals surface area contributed by atoms with Crippen LogP contribution < -0.4 is 16.8 Å². The number of nitrogens with zero attached hydrogens (tertiary/aromatic N) is 2. The number of H-pyrrole nitrogens is 1. The van der Waals surface area contributed by atoms with Crippen LogP contribution in [-0.4, -0.2) is 55.2 Å². The summed E-state index contributed by atoms with van der Waals surface area (Å²) in [6, 6.07) is 4.84. The molecule has 0 radical (unpaired) electrons. The van der Waals surface area contributed by atoms with Crippen LogP contribution in [0, 0.1) is 0 Å². The molecule has 3 aromatic rings. The van der Waals surface area contributed by atoms with Crippen molar-refractivity contribution in [2.45, 2.75) is 37.9 Å². The molecule has 1 amide bonds. The topological polar surface area (TPSA) is 197 Å². The van der Waals surface area contributed by atoms with Gasteiger partial charge in [-0.3, -0.25) is 4.79 Å². The van der Waals surface area contributed by atoms with E-state index in [2.05, 4.69) is 20.3 Å². The molecule has 2 aromatic heterocycles. The molecule has 2 atom stereocenters. The number of carbonyl (C=O) groups excluding carboxylic acids is 1. The fraction of sp³-hybridized carbons (Fsp3) is 0.286. The summed E-state index contributed by atoms with van der Waals surface area (Å²) in [6.45, 7) is 0. The van der Waals surface area contributed by atoms with E-state index in [0.717, 1.165) is 22.9 Å². The van der Waals surface area contributed by atoms with E-state index in [1.54, 1.807) is 12.1 Å². The van der Waals surface area contributed by atoms with Crippen molar-refractivity contribution in [2.24, 2.45) is 0 Å². The molecule has 11 nitrogen and oxygen atoms in total. The maximum atomic E-state index is 13.4. The predicted octanol–water partition coefficient (Wildman–Crippen LogP) is 1.29. The number of hydrogen-bond donors (Lipinski definition) is 6. The molecule has 3 rings (SSSR count). The van der Waals surface area contributed by atoms with Gasteiger partial charge in [-0.05, 0) is 42.5 Å². The van der Waals surface area contributed by atoms with Gasteiger partial charge >= 0.3 is 11.9 Å². The van der Waals surface area contributed by atoms with Crippen molar-refractivity contribution in [2.75, 3.05) is 11.5 Å². The molecular weight excluding hydrogens is 435 g/mol. The first-order valence-electron chi connectivity index (χ1n) is 10.0. The Morgan fingerprint density at radius 1 is 1.06 bits per heavy atom. The second kappa shape index (κ2) is 9.94. The summed E-state index contributed by atoms with van der Waals surface area (Å²) in [5.74, 6) is -3.63. The van der Waals surface area contributed by atoms with Crippen LogP contribution in [0.4, 0.5) is 16.2 Å². The zero-order valence-corrected chi connectivity index (χ0v) is 17.4. The fourth-order valence-electron chi connectivity index (χ4n) is 3.42. The highest BCUT2D eigenvalue weighted by molar-refractivity contribution is 5.96. The number of aromatic amines is 1. The molecule has 1 aromatic carbocycles. The molecule has 0 fully saturated rings. The van der Waals surface area contributed by atoms with Gasteiger partial charge in [0.15, 0.2) is 6.17 Å². The number of nitrogen functional groups attached to an aromatic ring is 2. The average molecular weight is 458 g/mol. The van der Waals surface area contributed by atoms with Crippen molar-refractivity contribution in [3.05, 3.63) is 47.2 Å². The summed E-state index contributed by atoms with van der Waals surface area (Å²) < 4.78 is 13.4. The number of carbonyl (C=O) groups is 3. The number of aliphatic carboxylic acids is 2. The number of alkyl halides is 1. The van der Waals surface area contributed by atoms with Crippen molar-refractivity contribution in [3.8, 4) is 0 Å². The van der Waals surface area contributed by atoms with Crippen LogP contribution in [0.25, 0.3) is 11.0 Å². The van der Waals surface area contributed by atoms with Crippen molar-refractivity contribution in [3.63, 3.8) is 0 Å². The number of amides is 1. The van der Waals surface area contributed by atoms with Crippen LogP contribution in [0.2, 0.25) is 0 Å². The first-order valence-corrected chi connectivity index (χ1v) is 10.0. The second-order valence-corrected chi connectivity index (χ2v) is 7.46. The van der Waals surface area contributed by atoms with Gasteiger partial charge in [0.2, 0.25) is 5.95 Å². The van der Waals surface area contributed by atoms with Gasteiger partial charge in [-0.15, -0.1) is 0 Å². The zero-order valence-electron chi connectivity index (χ0n) is 17.4. The molecule has 33 heavy (non-hydrogen) atoms. The number of carboxylic acids is 2. The van der Waals surface area contributed by atoms with Crippen molar-refractivity contribution < 1.29 is 29.0 Å². The Bertz CT molecular complexity index is 1180. The molecule has 12 heteroatoms. The molecule has 0 aliphatic rings. The van der Waals surface area contributed by atoms with E-state index in [4.69, 9.17) is 21.7 Å². The van der Waals surface area contributed by atoms with Crippen LogP contribution >= 0.6 is 0 Å². The molecule has 0 aliphatic carbocycles. The molecule has 0 spiro atoms. The Morgan fingerprint density at radius 3 is 2.39 bits per heavy atom. The Morgan fingerprint density at radius 2 is 1.76 bits per heavy atom. The van der Waals surface area contributed by atoms with Gasteiger partial charge in [0, 0.05) is 18.2 Å². The highest BCUT2D eigenvalue weighted by atomic mass is 19.1. The van der Waals surface area contributed by atoms with Gasteiger partial charge in [0.05, 0.1) is 5.39 Å². The van der Waals surface area contributed by atoms with Gasteiger partial charge in [0.25, 0.3) is 5.91 Å². The highest BCUT2D eigenvalue weighted by Gasteiger charge is 2.28. The SMILES string of the molecule is Nc1nc(N)c2c(CCCc3ccc(C(=O)N[C@@H](C[C@H](F)C(=O)O)C(=O)O)cc3)c[nH]c2n1. The second-order valence-electron chi connectivity index (χ2n) is 7.46. The summed E-state index contributed by atoms with van der Waals surface area (Å²) in [4.78, 5) is 45.2. The highest BCUT2D eigenvalue weighted by Crippen LogP contribution is 2.24. The smallest absolute Gasteiger partial charge is 0.338 e. The average Bonchev–Trinajstić information content (AvgIpc) is 3.16. The van der Waals surface area contributed by atoms with E-state index < -0.39 is 36.5 Å². The number of nitrogens with two attached hydrogens (primary N) is 2. The molecule has 8 N–H and O–H groups in total. The van der Waals surface area contributed by atoms with E-state index in [1.807, 2.05) is 6.20 Å². The van der Waals surface area contributed by atoms with Crippen LogP contribution in [0.3, 0.4) is 0 Å². The van der Waals surface area contributed by atoms with Gasteiger partial charge in [-0.1, -0.05) is 12.1 Å². The molecular formula is C21H23FN6O5. The third-order valence-electron chi connectivity index (χ3n) is 5.10. The monoisotopic (exact) mass is 458 g/mol. The van der Waals surface area contributed by atoms with E-state index in [9.17, 15) is 18.8 Å². The molecule has 2 heterocycles. The Labute approximate surface area is 187 Å². The third kappa shape index (κ3) is 5.73. The minimum absolute atomic E-state index is 0.0959. The van der Waals surface area contributed by atoms with Gasteiger partial charge in [-0.2, -0.15) is 9.97 Å². The largest absolute Gasteiger partial charge is 0.480 e. The summed E-state index contributed by atoms with van der Waals surface area (Å²) in [6.07, 6.45) is 0.720. The minimum atomic E-state index is -2.40. The molecule has 0 bridgehead atoms. The molecule has 0 saturated heterocycles. The van der Waals surface area contributed by atoms with Crippen molar-refractivity contribution in [1.29, 1.82) is 0 Å². The number of fused-ring (bicyclic) bond motifs is 1. The van der Waals surface area contributed by atoms with Gasteiger partial charge < -0.3 is 32.0 Å². The summed E-state index contributed by atoms with van der Waals surface area (Å²) >= 11 is 0. The van der Waals surface area contributed by atoms with Crippen LogP contribution in [-0.2, 0) is 22.4 Å². The maximum Gasteiger partial charge on any atom is 0.338 e. The number of aromatic nitrogens is 3. The molecule has 0 saturated carbocycles. The lowest BCUT2D eigenvalue weighted by Crippen LogP contribution is -2.43. The molecule has 174 valence electrons. The van der Waals surface area contributed by atoms with E-state index in [1.165, 1.54) is 12.1 Å². The third-order valence-corrected chi connectivity index (χ3v) is 5.10. The summed E-state index contributed by atoms with van der Waals surface area (Å²) in [5, 5.41) is 20.6. The Balaban J connectivity index is 1.57. The maximum absolute atomic E-state index is 13.4. The number of hydrogen-bond acceptors (Lipinski definition) is 7. The summed E-state index contributed by atoms with van der Waals surface area (Å²) in [7, 11) is 0. The lowest BCUT2D eigenvalue weighted by molar-refractivity contribution is -0.145. The normalized spacial score (nSPS) is 12.9. The van der Waals surface area contributed by atoms with Crippen LogP contribution in [0.1, 0.15) is 34.3 Å². The van der Waals surface area contributed by atoms with Crippen molar-refractivity contribution >= 4 is 40.6 Å². The molecule has 0 aliphatic heterocycles. The number of nitrogens with one attached hydrogen (secondary N) is 2. The number of rotatable bonds is 10. The van der Waals surface area contributed by atoms with Crippen LogP contribution in [0.15, 0.2) is 30.5 Å². The van der Waals surface area contributed by atoms with E-state index in [-0.39, 0.29) is 11.5 Å². The number of anilines is 2. The number of carboxylic acid groups (broad SMARTS) is 2.